The Morgan fingerprint density at radius 1 is 0.923 bits per heavy atom. The summed E-state index contributed by atoms with van der Waals surface area (Å²) in [5.74, 6) is 2.85. The third-order valence-corrected chi connectivity index (χ3v) is 3.89. The Morgan fingerprint density at radius 3 is 2.54 bits per heavy atom. The van der Waals surface area contributed by atoms with Gasteiger partial charge in [0.25, 0.3) is 0 Å². The van der Waals surface area contributed by atoms with Crippen molar-refractivity contribution < 1.29 is 9.47 Å². The van der Waals surface area contributed by atoms with Crippen LogP contribution < -0.4 is 20.1 Å². The summed E-state index contributed by atoms with van der Waals surface area (Å²) in [6.45, 7) is 2.78. The van der Waals surface area contributed by atoms with Crippen LogP contribution in [0, 0.1) is 6.92 Å². The zero-order chi connectivity index (χ0) is 18.4. The largest absolute Gasteiger partial charge is 0.497 e. The van der Waals surface area contributed by atoms with Gasteiger partial charge in [0.05, 0.1) is 19.9 Å². The Hall–Kier alpha value is -3.28. The number of anilines is 3. The average molecular weight is 350 g/mol. The smallest absolute Gasteiger partial charge is 0.142 e. The molecule has 0 aliphatic rings. The van der Waals surface area contributed by atoms with E-state index in [9.17, 15) is 0 Å². The molecule has 0 bridgehead atoms. The third kappa shape index (κ3) is 4.42. The lowest BCUT2D eigenvalue weighted by Crippen LogP contribution is -2.03. The fourth-order valence-corrected chi connectivity index (χ4v) is 2.59. The Morgan fingerprint density at radius 2 is 1.77 bits per heavy atom. The van der Waals surface area contributed by atoms with Crippen LogP contribution in [0.1, 0.15) is 11.1 Å². The molecule has 2 aromatic carbocycles. The third-order valence-electron chi connectivity index (χ3n) is 3.89. The van der Waals surface area contributed by atoms with E-state index in [-0.39, 0.29) is 0 Å². The molecule has 1 heterocycles. The van der Waals surface area contributed by atoms with E-state index >= 15 is 0 Å². The minimum Gasteiger partial charge on any atom is -0.497 e. The molecule has 0 radical (unpaired) electrons. The lowest BCUT2D eigenvalue weighted by Gasteiger charge is -2.13. The number of hydrogen-bond acceptors (Lipinski definition) is 6. The molecule has 26 heavy (non-hydrogen) atoms. The standard InChI is InChI=1S/C20H22N4O2/c1-14-5-4-6-15(9-14)12-21-19-11-20(23-13-22-19)24-17-10-16(25-2)7-8-18(17)26-3/h4-11,13H,12H2,1-3H3,(H2,21,22,23,24). The first kappa shape index (κ1) is 17.5. The number of ether oxygens (including phenoxy) is 2. The molecule has 6 nitrogen and oxygen atoms in total. The summed E-state index contributed by atoms with van der Waals surface area (Å²) in [7, 11) is 3.26. The van der Waals surface area contributed by atoms with Crippen LogP contribution in [-0.2, 0) is 6.54 Å². The van der Waals surface area contributed by atoms with Crippen LogP contribution in [-0.4, -0.2) is 24.2 Å². The highest BCUT2D eigenvalue weighted by atomic mass is 16.5. The van der Waals surface area contributed by atoms with Gasteiger partial charge in [-0.05, 0) is 24.6 Å². The van der Waals surface area contributed by atoms with Crippen molar-refractivity contribution in [3.8, 4) is 11.5 Å². The van der Waals surface area contributed by atoms with Crippen LogP contribution in [0.25, 0.3) is 0 Å². The van der Waals surface area contributed by atoms with Crippen LogP contribution in [0.15, 0.2) is 54.9 Å². The molecule has 0 fully saturated rings. The van der Waals surface area contributed by atoms with Gasteiger partial charge in [-0.25, -0.2) is 9.97 Å². The minimum atomic E-state index is 0.665. The lowest BCUT2D eigenvalue weighted by molar-refractivity contribution is 0.405. The predicted molar refractivity (Wildman–Crippen MR) is 103 cm³/mol. The molecule has 6 heteroatoms. The fourth-order valence-electron chi connectivity index (χ4n) is 2.59. The summed E-state index contributed by atoms with van der Waals surface area (Å²) in [4.78, 5) is 8.55. The number of nitrogens with one attached hydrogen (secondary N) is 2. The number of aryl methyl sites for hydroxylation is 1. The summed E-state index contributed by atoms with van der Waals surface area (Å²) in [6, 6.07) is 15.8. The average Bonchev–Trinajstić information content (AvgIpc) is 2.67. The molecule has 0 unspecified atom stereocenters. The van der Waals surface area contributed by atoms with E-state index in [0.717, 1.165) is 17.3 Å². The normalized spacial score (nSPS) is 10.3. The van der Waals surface area contributed by atoms with Crippen LogP contribution in [0.4, 0.5) is 17.3 Å². The monoisotopic (exact) mass is 350 g/mol. The second-order valence-corrected chi connectivity index (χ2v) is 5.82. The maximum atomic E-state index is 5.39. The van der Waals surface area contributed by atoms with E-state index in [2.05, 4.69) is 45.7 Å². The number of methoxy groups -OCH3 is 2. The van der Waals surface area contributed by atoms with Crippen LogP contribution >= 0.6 is 0 Å². The highest BCUT2D eigenvalue weighted by Gasteiger charge is 2.07. The summed E-state index contributed by atoms with van der Waals surface area (Å²) < 4.78 is 10.7. The molecular formula is C20H22N4O2. The highest BCUT2D eigenvalue weighted by molar-refractivity contribution is 5.67. The van der Waals surface area contributed by atoms with Crippen molar-refractivity contribution in [2.75, 3.05) is 24.9 Å². The van der Waals surface area contributed by atoms with Gasteiger partial charge in [0.1, 0.15) is 29.5 Å². The quantitative estimate of drug-likeness (QED) is 0.667. The maximum absolute atomic E-state index is 5.39. The molecule has 1 aromatic heterocycles. The highest BCUT2D eigenvalue weighted by Crippen LogP contribution is 2.31. The Balaban J connectivity index is 1.73. The molecule has 0 amide bonds. The van der Waals surface area contributed by atoms with Gasteiger partial charge in [0.2, 0.25) is 0 Å². The summed E-state index contributed by atoms with van der Waals surface area (Å²) >= 11 is 0. The maximum Gasteiger partial charge on any atom is 0.142 e. The van der Waals surface area contributed by atoms with Gasteiger partial charge >= 0.3 is 0 Å². The Kier molecular flexibility index (Phi) is 5.53. The van der Waals surface area contributed by atoms with Crippen molar-refractivity contribution in [3.05, 3.63) is 66.0 Å². The molecule has 0 saturated heterocycles. The van der Waals surface area contributed by atoms with Crippen LogP contribution in [0.2, 0.25) is 0 Å². The second-order valence-electron chi connectivity index (χ2n) is 5.82. The van der Waals surface area contributed by atoms with E-state index in [1.165, 1.54) is 17.5 Å². The summed E-state index contributed by atoms with van der Waals surface area (Å²) in [6.07, 6.45) is 1.52. The van der Waals surface area contributed by atoms with Gasteiger partial charge in [-0.15, -0.1) is 0 Å². The van der Waals surface area contributed by atoms with Crippen molar-refractivity contribution in [3.63, 3.8) is 0 Å². The molecule has 3 rings (SSSR count). The first-order chi connectivity index (χ1) is 12.7. The van der Waals surface area contributed by atoms with Gasteiger partial charge in [-0.2, -0.15) is 0 Å². The van der Waals surface area contributed by atoms with E-state index < -0.39 is 0 Å². The van der Waals surface area contributed by atoms with Crippen molar-refractivity contribution in [2.45, 2.75) is 13.5 Å². The lowest BCUT2D eigenvalue weighted by atomic mass is 10.1. The van der Waals surface area contributed by atoms with Crippen molar-refractivity contribution >= 4 is 17.3 Å². The van der Waals surface area contributed by atoms with Gasteiger partial charge < -0.3 is 20.1 Å². The van der Waals surface area contributed by atoms with Gasteiger partial charge in [-0.1, -0.05) is 29.8 Å². The molecule has 0 spiro atoms. The van der Waals surface area contributed by atoms with E-state index in [1.807, 2.05) is 30.3 Å². The first-order valence-corrected chi connectivity index (χ1v) is 8.28. The number of hydrogen-bond donors (Lipinski definition) is 2. The first-order valence-electron chi connectivity index (χ1n) is 8.28. The molecule has 0 aliphatic heterocycles. The van der Waals surface area contributed by atoms with Crippen molar-refractivity contribution in [1.29, 1.82) is 0 Å². The number of benzene rings is 2. The predicted octanol–water partition coefficient (Wildman–Crippen LogP) is 4.16. The molecule has 0 atom stereocenters. The Labute approximate surface area is 153 Å². The van der Waals surface area contributed by atoms with Gasteiger partial charge in [-0.3, -0.25) is 0 Å². The number of nitrogens with zero attached hydrogens (tertiary/aromatic N) is 2. The van der Waals surface area contributed by atoms with Crippen LogP contribution in [0.3, 0.4) is 0 Å². The zero-order valence-electron chi connectivity index (χ0n) is 15.1. The molecule has 3 aromatic rings. The van der Waals surface area contributed by atoms with Crippen LogP contribution in [0.5, 0.6) is 11.5 Å². The molecule has 2 N–H and O–H groups in total. The molecule has 0 aliphatic carbocycles. The summed E-state index contributed by atoms with van der Waals surface area (Å²) in [5.41, 5.74) is 3.21. The zero-order valence-corrected chi connectivity index (χ0v) is 15.1. The van der Waals surface area contributed by atoms with Gasteiger partial charge in [0, 0.05) is 18.7 Å². The summed E-state index contributed by atoms with van der Waals surface area (Å²) in [5, 5.41) is 6.57. The van der Waals surface area contributed by atoms with Gasteiger partial charge in [0.15, 0.2) is 0 Å². The number of aromatic nitrogens is 2. The molecule has 0 saturated carbocycles. The van der Waals surface area contributed by atoms with Crippen molar-refractivity contribution in [2.24, 2.45) is 0 Å². The minimum absolute atomic E-state index is 0.665. The second kappa shape index (κ2) is 8.20. The topological polar surface area (TPSA) is 68.3 Å². The SMILES string of the molecule is COc1ccc(OC)c(Nc2cc(NCc3cccc(C)c3)ncn2)c1. The van der Waals surface area contributed by atoms with E-state index in [1.54, 1.807) is 14.2 Å². The Bertz CT molecular complexity index is 883. The molecular weight excluding hydrogens is 328 g/mol. The van der Waals surface area contributed by atoms with Crippen molar-refractivity contribution in [1.82, 2.24) is 9.97 Å². The number of rotatable bonds is 7. The van der Waals surface area contributed by atoms with E-state index in [4.69, 9.17) is 9.47 Å². The molecule has 134 valence electrons. The fraction of sp³-hybridized carbons (Fsp3) is 0.200. The van der Waals surface area contributed by atoms with E-state index in [0.29, 0.717) is 18.1 Å².